The van der Waals surface area contributed by atoms with Crippen molar-refractivity contribution < 1.29 is 14.0 Å². The predicted molar refractivity (Wildman–Crippen MR) is 113 cm³/mol. The Kier molecular flexibility index (Phi) is 6.87. The topological polar surface area (TPSA) is 61.4 Å². The first kappa shape index (κ1) is 21.3. The number of carbonyl (C=O) groups excluding carboxylic acids is 2. The molecular weight excluding hydrogens is 393 g/mol. The van der Waals surface area contributed by atoms with Crippen molar-refractivity contribution in [3.63, 3.8) is 0 Å². The molecule has 1 saturated heterocycles. The lowest BCUT2D eigenvalue weighted by atomic mass is 9.99. The Morgan fingerprint density at radius 3 is 2.76 bits per heavy atom. The van der Waals surface area contributed by atoms with E-state index in [9.17, 15) is 14.0 Å². The van der Waals surface area contributed by atoms with Gasteiger partial charge in [-0.3, -0.25) is 9.59 Å². The largest absolute Gasteiger partial charge is 0.330 e. The van der Waals surface area contributed by atoms with Gasteiger partial charge in [-0.2, -0.15) is 0 Å². The van der Waals surface area contributed by atoms with Crippen LogP contribution in [0.1, 0.15) is 29.5 Å². The number of anilines is 1. The maximum Gasteiger partial charge on any atom is 0.247 e. The molecule has 0 saturated carbocycles. The highest BCUT2D eigenvalue weighted by molar-refractivity contribution is 5.98. The number of nitrogens with zero attached hydrogens (tertiary/aromatic N) is 1. The Labute approximate surface area is 176 Å². The highest BCUT2D eigenvalue weighted by Crippen LogP contribution is 2.26. The monoisotopic (exact) mass is 417 g/mol. The lowest BCUT2D eigenvalue weighted by Crippen LogP contribution is -2.44. The first-order valence-corrected chi connectivity index (χ1v) is 9.78. The molecule has 0 aliphatic carbocycles. The van der Waals surface area contributed by atoms with Gasteiger partial charge >= 0.3 is 0 Å². The van der Waals surface area contributed by atoms with Crippen LogP contribution in [-0.2, 0) is 29.0 Å². The quantitative estimate of drug-likeness (QED) is 0.803. The van der Waals surface area contributed by atoms with E-state index in [2.05, 4.69) is 10.6 Å². The Morgan fingerprint density at radius 2 is 1.97 bits per heavy atom. The fraction of sp³-hybridized carbons (Fsp3) is 0.364. The van der Waals surface area contributed by atoms with Crippen LogP contribution < -0.4 is 10.6 Å². The van der Waals surface area contributed by atoms with Crippen LogP contribution in [0.25, 0.3) is 0 Å². The molecular formula is C22H25ClFN3O2. The Morgan fingerprint density at radius 1 is 1.17 bits per heavy atom. The summed E-state index contributed by atoms with van der Waals surface area (Å²) in [5.41, 5.74) is 2.73. The maximum absolute atomic E-state index is 14.8. The number of rotatable bonds is 4. The normalized spacial score (nSPS) is 18.0. The third-order valence-corrected chi connectivity index (χ3v) is 5.54. The maximum atomic E-state index is 14.8. The van der Waals surface area contributed by atoms with E-state index >= 15 is 0 Å². The highest BCUT2D eigenvalue weighted by Gasteiger charge is 2.34. The smallest absolute Gasteiger partial charge is 0.247 e. The lowest BCUT2D eigenvalue weighted by molar-refractivity contribution is -0.136. The van der Waals surface area contributed by atoms with E-state index in [4.69, 9.17) is 0 Å². The van der Waals surface area contributed by atoms with E-state index in [1.165, 1.54) is 0 Å². The molecule has 2 aromatic rings. The molecule has 2 amide bonds. The van der Waals surface area contributed by atoms with Crippen LogP contribution in [0.15, 0.2) is 42.5 Å². The van der Waals surface area contributed by atoms with Gasteiger partial charge in [0.15, 0.2) is 0 Å². The number of benzene rings is 2. The second kappa shape index (κ2) is 9.37. The highest BCUT2D eigenvalue weighted by atomic mass is 35.5. The van der Waals surface area contributed by atoms with Crippen LogP contribution in [0.3, 0.4) is 0 Å². The van der Waals surface area contributed by atoms with Crippen LogP contribution in [0.4, 0.5) is 10.1 Å². The fourth-order valence-corrected chi connectivity index (χ4v) is 4.06. The number of nitrogens with one attached hydrogen (secondary N) is 2. The van der Waals surface area contributed by atoms with E-state index in [-0.39, 0.29) is 42.1 Å². The number of carbonyl (C=O) groups is 2. The average molecular weight is 418 g/mol. The molecule has 2 aliphatic heterocycles. The molecule has 154 valence electrons. The van der Waals surface area contributed by atoms with Crippen LogP contribution in [0, 0.1) is 5.82 Å². The standard InChI is InChI=1S/C22H24FN3O2.ClH/c23-21-17-10-11-24-14-16(17)8-9-18(21)25-22(28)19-7-4-12-26(19)20(27)13-15-5-2-1-3-6-15;/h1-3,5-6,8-9,19,24H,4,7,10-14H2,(H,25,28);1H. The van der Waals surface area contributed by atoms with Crippen molar-refractivity contribution in [3.8, 4) is 0 Å². The number of fused-ring (bicyclic) bond motifs is 1. The minimum atomic E-state index is -0.548. The number of likely N-dealkylation sites (tertiary alicyclic amines) is 1. The molecule has 0 bridgehead atoms. The van der Waals surface area contributed by atoms with E-state index in [1.807, 2.05) is 36.4 Å². The summed E-state index contributed by atoms with van der Waals surface area (Å²) in [7, 11) is 0. The Bertz CT molecular complexity index is 891. The summed E-state index contributed by atoms with van der Waals surface area (Å²) >= 11 is 0. The zero-order valence-corrected chi connectivity index (χ0v) is 16.9. The van der Waals surface area contributed by atoms with Gasteiger partial charge in [-0.25, -0.2) is 4.39 Å². The molecule has 0 spiro atoms. The summed E-state index contributed by atoms with van der Waals surface area (Å²) in [6, 6.07) is 12.4. The lowest BCUT2D eigenvalue weighted by Gasteiger charge is -2.25. The number of amides is 2. The second-order valence-corrected chi connectivity index (χ2v) is 7.39. The molecule has 1 atom stereocenters. The van der Waals surface area contributed by atoms with Crippen LogP contribution >= 0.6 is 12.4 Å². The van der Waals surface area contributed by atoms with Gasteiger partial charge in [-0.15, -0.1) is 12.4 Å². The summed E-state index contributed by atoms with van der Waals surface area (Å²) in [6.45, 7) is 1.93. The van der Waals surface area contributed by atoms with Gasteiger partial charge in [0, 0.05) is 13.1 Å². The molecule has 1 unspecified atom stereocenters. The van der Waals surface area contributed by atoms with E-state index in [1.54, 1.807) is 11.0 Å². The number of hydrogen-bond acceptors (Lipinski definition) is 3. The molecule has 2 aliphatic rings. The van der Waals surface area contributed by atoms with Gasteiger partial charge < -0.3 is 15.5 Å². The van der Waals surface area contributed by atoms with Gasteiger partial charge in [0.25, 0.3) is 0 Å². The van der Waals surface area contributed by atoms with Crippen molar-refractivity contribution in [2.75, 3.05) is 18.4 Å². The van der Waals surface area contributed by atoms with E-state index in [0.717, 1.165) is 24.1 Å². The summed E-state index contributed by atoms with van der Waals surface area (Å²) in [6.07, 6.45) is 2.25. The third kappa shape index (κ3) is 4.60. The van der Waals surface area contributed by atoms with Crippen LogP contribution in [-0.4, -0.2) is 35.8 Å². The van der Waals surface area contributed by atoms with Crippen molar-refractivity contribution in [2.45, 2.75) is 38.3 Å². The molecule has 0 aromatic heterocycles. The van der Waals surface area contributed by atoms with Gasteiger partial charge in [0.1, 0.15) is 11.9 Å². The summed E-state index contributed by atoms with van der Waals surface area (Å²) in [5, 5.41) is 5.94. The molecule has 2 N–H and O–H groups in total. The molecule has 7 heteroatoms. The molecule has 29 heavy (non-hydrogen) atoms. The summed E-state index contributed by atoms with van der Waals surface area (Å²) < 4.78 is 14.8. The predicted octanol–water partition coefficient (Wildman–Crippen LogP) is 3.07. The zero-order valence-electron chi connectivity index (χ0n) is 16.1. The van der Waals surface area contributed by atoms with E-state index in [0.29, 0.717) is 31.5 Å². The van der Waals surface area contributed by atoms with Gasteiger partial charge in [-0.05, 0) is 48.6 Å². The minimum absolute atomic E-state index is 0. The Hall–Kier alpha value is -2.44. The first-order valence-electron chi connectivity index (χ1n) is 9.78. The number of halogens is 2. The molecule has 1 fully saturated rings. The van der Waals surface area contributed by atoms with Gasteiger partial charge in [0.2, 0.25) is 11.8 Å². The van der Waals surface area contributed by atoms with Crippen LogP contribution in [0.2, 0.25) is 0 Å². The summed E-state index contributed by atoms with van der Waals surface area (Å²) in [5.74, 6) is -0.736. The average Bonchev–Trinajstić information content (AvgIpc) is 3.21. The van der Waals surface area contributed by atoms with E-state index < -0.39 is 6.04 Å². The Balaban J connectivity index is 0.00000240. The number of hydrogen-bond donors (Lipinski definition) is 2. The zero-order chi connectivity index (χ0) is 19.5. The third-order valence-electron chi connectivity index (χ3n) is 5.54. The minimum Gasteiger partial charge on any atom is -0.330 e. The van der Waals surface area contributed by atoms with Crippen molar-refractivity contribution in [1.82, 2.24) is 10.2 Å². The molecule has 5 nitrogen and oxygen atoms in total. The molecule has 2 aromatic carbocycles. The first-order chi connectivity index (χ1) is 13.6. The molecule has 4 rings (SSSR count). The van der Waals surface area contributed by atoms with Crippen LogP contribution in [0.5, 0.6) is 0 Å². The van der Waals surface area contributed by atoms with Crippen molar-refractivity contribution in [3.05, 3.63) is 65.0 Å². The molecule has 0 radical (unpaired) electrons. The molecule has 2 heterocycles. The summed E-state index contributed by atoms with van der Waals surface area (Å²) in [4.78, 5) is 27.2. The van der Waals surface area contributed by atoms with Crippen molar-refractivity contribution >= 4 is 29.9 Å². The van der Waals surface area contributed by atoms with Gasteiger partial charge in [0.05, 0.1) is 12.1 Å². The second-order valence-electron chi connectivity index (χ2n) is 7.39. The SMILES string of the molecule is Cl.O=C(Nc1ccc2c(c1F)CCNC2)C1CCCN1C(=O)Cc1ccccc1. The van der Waals surface area contributed by atoms with Crippen molar-refractivity contribution in [1.29, 1.82) is 0 Å². The van der Waals surface area contributed by atoms with Gasteiger partial charge in [-0.1, -0.05) is 36.4 Å². The fourth-order valence-electron chi connectivity index (χ4n) is 4.06. The van der Waals surface area contributed by atoms with Crippen molar-refractivity contribution in [2.24, 2.45) is 0 Å².